The van der Waals surface area contributed by atoms with E-state index in [-0.39, 0.29) is 6.03 Å². The Bertz CT molecular complexity index is 681. The maximum atomic E-state index is 11.5. The molecule has 2 N–H and O–H groups in total. The molecular weight excluding hydrogens is 290 g/mol. The zero-order valence-corrected chi connectivity index (χ0v) is 13.9. The third kappa shape index (κ3) is 3.64. The van der Waals surface area contributed by atoms with Crippen LogP contribution in [0.15, 0.2) is 24.3 Å². The van der Waals surface area contributed by atoms with E-state index in [1.54, 1.807) is 0 Å². The first-order valence-corrected chi connectivity index (χ1v) is 8.31. The molecule has 1 aromatic heterocycles. The first-order chi connectivity index (χ1) is 11.2. The number of nitrogens with one attached hydrogen (secondary N) is 2. The molecule has 0 bridgehead atoms. The molecule has 6 nitrogen and oxygen atoms in total. The molecule has 124 valence electrons. The predicted octanol–water partition coefficient (Wildman–Crippen LogP) is 1.71. The second kappa shape index (κ2) is 7.00. The van der Waals surface area contributed by atoms with Gasteiger partial charge in [-0.3, -0.25) is 4.90 Å². The molecule has 6 heteroatoms. The third-order valence-electron chi connectivity index (χ3n) is 4.50. The Morgan fingerprint density at radius 1 is 1.35 bits per heavy atom. The average molecular weight is 315 g/mol. The van der Waals surface area contributed by atoms with E-state index in [1.807, 2.05) is 19.1 Å². The van der Waals surface area contributed by atoms with Crippen molar-refractivity contribution in [1.82, 2.24) is 25.1 Å². The third-order valence-corrected chi connectivity index (χ3v) is 4.50. The fourth-order valence-electron chi connectivity index (χ4n) is 3.22. The van der Waals surface area contributed by atoms with Crippen molar-refractivity contribution >= 4 is 17.1 Å². The highest BCUT2D eigenvalue weighted by molar-refractivity contribution is 5.75. The van der Waals surface area contributed by atoms with Gasteiger partial charge in [-0.1, -0.05) is 12.1 Å². The Balaban J connectivity index is 1.55. The highest BCUT2D eigenvalue weighted by Crippen LogP contribution is 2.20. The molecular formula is C17H25N5O. The van der Waals surface area contributed by atoms with Crippen molar-refractivity contribution in [2.45, 2.75) is 19.9 Å². The summed E-state index contributed by atoms with van der Waals surface area (Å²) in [5, 5.41) is 5.71. The molecule has 23 heavy (non-hydrogen) atoms. The molecule has 1 fully saturated rings. The number of carbonyl (C=O) groups excluding carboxylic acids is 1. The van der Waals surface area contributed by atoms with Gasteiger partial charge < -0.3 is 15.2 Å². The van der Waals surface area contributed by atoms with Gasteiger partial charge in [0.25, 0.3) is 0 Å². The predicted molar refractivity (Wildman–Crippen MR) is 91.2 cm³/mol. The van der Waals surface area contributed by atoms with Gasteiger partial charge in [0, 0.05) is 26.7 Å². The van der Waals surface area contributed by atoms with E-state index < -0.39 is 0 Å². The number of aromatic nitrogens is 2. The number of imidazole rings is 1. The quantitative estimate of drug-likeness (QED) is 0.883. The maximum absolute atomic E-state index is 11.5. The molecule has 1 unspecified atom stereocenters. The lowest BCUT2D eigenvalue weighted by molar-refractivity contribution is 0.238. The van der Waals surface area contributed by atoms with Gasteiger partial charge in [-0.25, -0.2) is 9.78 Å². The highest BCUT2D eigenvalue weighted by Gasteiger charge is 2.24. The Labute approximate surface area is 136 Å². The molecule has 1 atom stereocenters. The van der Waals surface area contributed by atoms with E-state index >= 15 is 0 Å². The topological polar surface area (TPSA) is 62.2 Å². The molecule has 1 aliphatic rings. The number of likely N-dealkylation sites (tertiary alicyclic amines) is 1. The second-order valence-electron chi connectivity index (χ2n) is 6.21. The average Bonchev–Trinajstić information content (AvgIpc) is 3.12. The monoisotopic (exact) mass is 315 g/mol. The number of urea groups is 1. The van der Waals surface area contributed by atoms with Gasteiger partial charge in [-0.05, 0) is 37.9 Å². The van der Waals surface area contributed by atoms with E-state index in [0.29, 0.717) is 12.5 Å². The smallest absolute Gasteiger partial charge is 0.314 e. The fraction of sp³-hybridized carbons (Fsp3) is 0.529. The lowest BCUT2D eigenvalue weighted by Crippen LogP contribution is -2.38. The van der Waals surface area contributed by atoms with Crippen LogP contribution in [0, 0.1) is 5.92 Å². The van der Waals surface area contributed by atoms with Crippen molar-refractivity contribution in [2.75, 3.05) is 26.2 Å². The molecule has 1 aliphatic heterocycles. The normalized spacial score (nSPS) is 18.4. The van der Waals surface area contributed by atoms with E-state index in [1.165, 1.54) is 5.52 Å². The van der Waals surface area contributed by atoms with Gasteiger partial charge in [0.2, 0.25) is 0 Å². The Morgan fingerprint density at radius 2 is 2.17 bits per heavy atom. The van der Waals surface area contributed by atoms with Crippen LogP contribution in [-0.2, 0) is 13.6 Å². The number of nitrogens with zero attached hydrogens (tertiary/aromatic N) is 3. The number of aryl methyl sites for hydroxylation is 1. The van der Waals surface area contributed by atoms with E-state index in [2.05, 4.69) is 39.3 Å². The van der Waals surface area contributed by atoms with Crippen LogP contribution < -0.4 is 10.6 Å². The molecule has 0 saturated carbocycles. The standard InChI is InChI=1S/C17H25N5O/c1-3-18-17(23)19-10-13-8-9-22(11-13)12-16-20-14-6-4-5-7-15(14)21(16)2/h4-7,13H,3,8-12H2,1-2H3,(H2,18,19,23). The molecule has 3 rings (SSSR count). The van der Waals surface area contributed by atoms with Gasteiger partial charge in [-0.15, -0.1) is 0 Å². The number of carbonyl (C=O) groups is 1. The van der Waals surface area contributed by atoms with Gasteiger partial charge in [0.1, 0.15) is 5.82 Å². The summed E-state index contributed by atoms with van der Waals surface area (Å²) in [7, 11) is 2.08. The van der Waals surface area contributed by atoms with Crippen molar-refractivity contribution < 1.29 is 4.79 Å². The van der Waals surface area contributed by atoms with Crippen molar-refractivity contribution in [3.05, 3.63) is 30.1 Å². The van der Waals surface area contributed by atoms with Gasteiger partial charge in [0.15, 0.2) is 0 Å². The van der Waals surface area contributed by atoms with Crippen LogP contribution in [0.25, 0.3) is 11.0 Å². The summed E-state index contributed by atoms with van der Waals surface area (Å²) in [5.74, 6) is 1.62. The SMILES string of the molecule is CCNC(=O)NCC1CCN(Cc2nc3ccccc3n2C)C1. The van der Waals surface area contributed by atoms with Crippen molar-refractivity contribution in [3.8, 4) is 0 Å². The van der Waals surface area contributed by atoms with Crippen LogP contribution in [0.3, 0.4) is 0 Å². The summed E-state index contributed by atoms with van der Waals surface area (Å²) >= 11 is 0. The first kappa shape index (κ1) is 15.8. The van der Waals surface area contributed by atoms with Crippen LogP contribution in [0.1, 0.15) is 19.2 Å². The van der Waals surface area contributed by atoms with Crippen LogP contribution in [0.4, 0.5) is 4.79 Å². The minimum atomic E-state index is -0.0682. The largest absolute Gasteiger partial charge is 0.338 e. The Hall–Kier alpha value is -2.08. The summed E-state index contributed by atoms with van der Waals surface area (Å²) in [5.41, 5.74) is 2.23. The lowest BCUT2D eigenvalue weighted by Gasteiger charge is -2.16. The molecule has 0 radical (unpaired) electrons. The first-order valence-electron chi connectivity index (χ1n) is 8.31. The van der Waals surface area contributed by atoms with E-state index in [9.17, 15) is 4.79 Å². The molecule has 0 spiro atoms. The number of rotatable bonds is 5. The summed E-state index contributed by atoms with van der Waals surface area (Å²) in [6, 6.07) is 8.17. The highest BCUT2D eigenvalue weighted by atomic mass is 16.2. The van der Waals surface area contributed by atoms with Crippen molar-refractivity contribution in [2.24, 2.45) is 13.0 Å². The van der Waals surface area contributed by atoms with Crippen LogP contribution >= 0.6 is 0 Å². The number of para-hydroxylation sites is 2. The molecule has 0 aliphatic carbocycles. The van der Waals surface area contributed by atoms with Gasteiger partial charge in [-0.2, -0.15) is 0 Å². The molecule has 1 saturated heterocycles. The summed E-state index contributed by atoms with van der Waals surface area (Å²) < 4.78 is 2.18. The minimum absolute atomic E-state index is 0.0682. The summed E-state index contributed by atoms with van der Waals surface area (Å²) in [4.78, 5) is 18.6. The fourth-order valence-corrected chi connectivity index (χ4v) is 3.22. The Morgan fingerprint density at radius 3 is 2.96 bits per heavy atom. The van der Waals surface area contributed by atoms with Crippen LogP contribution in [-0.4, -0.2) is 46.7 Å². The van der Waals surface area contributed by atoms with Gasteiger partial charge >= 0.3 is 6.03 Å². The maximum Gasteiger partial charge on any atom is 0.314 e. The molecule has 2 aromatic rings. The minimum Gasteiger partial charge on any atom is -0.338 e. The van der Waals surface area contributed by atoms with E-state index in [4.69, 9.17) is 4.98 Å². The van der Waals surface area contributed by atoms with E-state index in [0.717, 1.165) is 43.9 Å². The van der Waals surface area contributed by atoms with Crippen molar-refractivity contribution in [1.29, 1.82) is 0 Å². The number of fused-ring (bicyclic) bond motifs is 1. The molecule has 2 heterocycles. The number of amides is 2. The summed E-state index contributed by atoms with van der Waals surface area (Å²) in [6.45, 7) is 6.26. The zero-order valence-electron chi connectivity index (χ0n) is 13.9. The van der Waals surface area contributed by atoms with Crippen molar-refractivity contribution in [3.63, 3.8) is 0 Å². The van der Waals surface area contributed by atoms with Crippen LogP contribution in [0.5, 0.6) is 0 Å². The Kier molecular flexibility index (Phi) is 4.81. The second-order valence-corrected chi connectivity index (χ2v) is 6.21. The van der Waals surface area contributed by atoms with Crippen LogP contribution in [0.2, 0.25) is 0 Å². The summed E-state index contributed by atoms with van der Waals surface area (Å²) in [6.07, 6.45) is 1.12. The molecule has 1 aromatic carbocycles. The lowest BCUT2D eigenvalue weighted by atomic mass is 10.1. The number of benzene rings is 1. The number of hydrogen-bond donors (Lipinski definition) is 2. The van der Waals surface area contributed by atoms with Gasteiger partial charge in [0.05, 0.1) is 17.6 Å². The molecule has 2 amide bonds. The zero-order chi connectivity index (χ0) is 16.2. The number of hydrogen-bond acceptors (Lipinski definition) is 3.